The van der Waals surface area contributed by atoms with E-state index in [9.17, 15) is 9.90 Å². The molecule has 0 saturated carbocycles. The topological polar surface area (TPSA) is 43.8 Å². The van der Waals surface area contributed by atoms with Crippen molar-refractivity contribution in [2.24, 2.45) is 5.41 Å². The minimum Gasteiger partial charge on any atom is -0.481 e. The highest BCUT2D eigenvalue weighted by Gasteiger charge is 2.52. The minimum absolute atomic E-state index is 0.110. The SMILES string of the molecule is Cc1cccc(-c2ccc(CN3CC[C@@]4(C(=O)O)CCCN(C)[C@@H]4C3)cc2)c1. The van der Waals surface area contributed by atoms with E-state index in [0.717, 1.165) is 45.4 Å². The summed E-state index contributed by atoms with van der Waals surface area (Å²) in [5.74, 6) is -0.605. The van der Waals surface area contributed by atoms with Crippen molar-refractivity contribution in [3.05, 3.63) is 59.7 Å². The highest BCUT2D eigenvalue weighted by atomic mass is 16.4. The van der Waals surface area contributed by atoms with Crippen LogP contribution >= 0.6 is 0 Å². The predicted molar refractivity (Wildman–Crippen MR) is 112 cm³/mol. The van der Waals surface area contributed by atoms with Gasteiger partial charge in [-0.2, -0.15) is 0 Å². The maximum atomic E-state index is 12.1. The van der Waals surface area contributed by atoms with Gasteiger partial charge in [-0.3, -0.25) is 9.69 Å². The first-order valence-corrected chi connectivity index (χ1v) is 10.3. The number of hydrogen-bond acceptors (Lipinski definition) is 3. The van der Waals surface area contributed by atoms with Gasteiger partial charge in [-0.15, -0.1) is 0 Å². The normalized spacial score (nSPS) is 26.0. The maximum absolute atomic E-state index is 12.1. The van der Waals surface area contributed by atoms with E-state index in [4.69, 9.17) is 0 Å². The van der Waals surface area contributed by atoms with E-state index in [-0.39, 0.29) is 6.04 Å². The van der Waals surface area contributed by atoms with Crippen LogP contribution in [0.4, 0.5) is 0 Å². The number of fused-ring (bicyclic) bond motifs is 1. The third kappa shape index (κ3) is 3.59. The Morgan fingerprint density at radius 2 is 1.89 bits per heavy atom. The Labute approximate surface area is 167 Å². The second-order valence-electron chi connectivity index (χ2n) is 8.61. The summed E-state index contributed by atoms with van der Waals surface area (Å²) >= 11 is 0. The van der Waals surface area contributed by atoms with Gasteiger partial charge in [0.15, 0.2) is 0 Å². The highest BCUT2D eigenvalue weighted by Crippen LogP contribution is 2.42. The lowest BCUT2D eigenvalue weighted by atomic mass is 9.68. The van der Waals surface area contributed by atoms with Crippen LogP contribution in [0.3, 0.4) is 0 Å². The van der Waals surface area contributed by atoms with Crippen molar-refractivity contribution in [3.63, 3.8) is 0 Å². The smallest absolute Gasteiger partial charge is 0.311 e. The molecule has 4 heteroatoms. The number of hydrogen-bond donors (Lipinski definition) is 1. The number of nitrogens with zero attached hydrogens (tertiary/aromatic N) is 2. The molecule has 2 aliphatic rings. The number of benzene rings is 2. The van der Waals surface area contributed by atoms with Gasteiger partial charge in [0.25, 0.3) is 0 Å². The number of carboxylic acids is 1. The van der Waals surface area contributed by atoms with Crippen LogP contribution in [0.15, 0.2) is 48.5 Å². The zero-order valence-corrected chi connectivity index (χ0v) is 16.9. The Balaban J connectivity index is 1.46. The van der Waals surface area contributed by atoms with Crippen molar-refractivity contribution in [2.75, 3.05) is 26.7 Å². The van der Waals surface area contributed by atoms with Crippen molar-refractivity contribution in [1.29, 1.82) is 0 Å². The summed E-state index contributed by atoms with van der Waals surface area (Å²) < 4.78 is 0. The van der Waals surface area contributed by atoms with Gasteiger partial charge in [0.1, 0.15) is 0 Å². The monoisotopic (exact) mass is 378 g/mol. The molecule has 0 radical (unpaired) electrons. The van der Waals surface area contributed by atoms with Gasteiger partial charge in [0, 0.05) is 19.1 Å². The molecule has 0 unspecified atom stereocenters. The molecule has 2 aromatic carbocycles. The number of piperidine rings is 2. The summed E-state index contributed by atoms with van der Waals surface area (Å²) in [5, 5.41) is 9.93. The summed E-state index contributed by atoms with van der Waals surface area (Å²) in [4.78, 5) is 16.8. The van der Waals surface area contributed by atoms with Crippen LogP contribution in [-0.4, -0.2) is 53.6 Å². The first kappa shape index (κ1) is 19.2. The van der Waals surface area contributed by atoms with Crippen LogP contribution < -0.4 is 0 Å². The number of carboxylic acid groups (broad SMARTS) is 1. The van der Waals surface area contributed by atoms with Crippen LogP contribution in [0.25, 0.3) is 11.1 Å². The summed E-state index contributed by atoms with van der Waals surface area (Å²) in [5.41, 5.74) is 4.49. The van der Waals surface area contributed by atoms with Crippen molar-refractivity contribution in [1.82, 2.24) is 9.80 Å². The maximum Gasteiger partial charge on any atom is 0.311 e. The first-order chi connectivity index (χ1) is 13.5. The fraction of sp³-hybridized carbons (Fsp3) is 0.458. The van der Waals surface area contributed by atoms with Crippen molar-refractivity contribution in [2.45, 2.75) is 38.8 Å². The van der Waals surface area contributed by atoms with Crippen molar-refractivity contribution < 1.29 is 9.90 Å². The van der Waals surface area contributed by atoms with E-state index in [0.29, 0.717) is 0 Å². The Morgan fingerprint density at radius 3 is 2.61 bits per heavy atom. The van der Waals surface area contributed by atoms with E-state index in [1.54, 1.807) is 0 Å². The quantitative estimate of drug-likeness (QED) is 0.872. The molecule has 0 amide bonds. The number of aryl methyl sites for hydroxylation is 1. The van der Waals surface area contributed by atoms with Crippen molar-refractivity contribution >= 4 is 5.97 Å². The standard InChI is InChI=1S/C24H30N2O2/c1-18-5-3-6-21(15-18)20-9-7-19(8-10-20)16-26-14-12-24(23(27)28)11-4-13-25(2)22(24)17-26/h3,5-10,15,22H,4,11-14,16-17H2,1-2H3,(H,27,28)/t22-,24+/m1/s1. The summed E-state index contributed by atoms with van der Waals surface area (Å²) in [7, 11) is 2.08. The molecule has 2 aromatic rings. The Bertz CT molecular complexity index is 848. The van der Waals surface area contributed by atoms with E-state index in [1.807, 2.05) is 0 Å². The average molecular weight is 379 g/mol. The predicted octanol–water partition coefficient (Wildman–Crippen LogP) is 4.03. The molecule has 2 atom stereocenters. The zero-order valence-electron chi connectivity index (χ0n) is 16.9. The van der Waals surface area contributed by atoms with E-state index in [1.165, 1.54) is 22.3 Å². The molecule has 28 heavy (non-hydrogen) atoms. The largest absolute Gasteiger partial charge is 0.481 e. The number of carbonyl (C=O) groups is 1. The van der Waals surface area contributed by atoms with Crippen LogP contribution in [0.5, 0.6) is 0 Å². The van der Waals surface area contributed by atoms with Gasteiger partial charge in [-0.25, -0.2) is 0 Å². The molecule has 4 nitrogen and oxygen atoms in total. The van der Waals surface area contributed by atoms with Crippen LogP contribution in [0.1, 0.15) is 30.4 Å². The molecule has 2 aliphatic heterocycles. The fourth-order valence-electron chi connectivity index (χ4n) is 5.07. The summed E-state index contributed by atoms with van der Waals surface area (Å²) in [6, 6.07) is 17.5. The van der Waals surface area contributed by atoms with Gasteiger partial charge < -0.3 is 10.0 Å². The Hall–Kier alpha value is -2.17. The number of likely N-dealkylation sites (N-methyl/N-ethyl adjacent to an activating group) is 1. The lowest BCUT2D eigenvalue weighted by Gasteiger charge is -2.51. The zero-order chi connectivity index (χ0) is 19.7. The fourth-order valence-corrected chi connectivity index (χ4v) is 5.07. The lowest BCUT2D eigenvalue weighted by Crippen LogP contribution is -2.62. The van der Waals surface area contributed by atoms with E-state index < -0.39 is 11.4 Å². The molecule has 0 aliphatic carbocycles. The molecule has 0 bridgehead atoms. The average Bonchev–Trinajstić information content (AvgIpc) is 2.69. The van der Waals surface area contributed by atoms with Gasteiger partial charge in [0.2, 0.25) is 0 Å². The van der Waals surface area contributed by atoms with Gasteiger partial charge in [0.05, 0.1) is 5.41 Å². The van der Waals surface area contributed by atoms with E-state index >= 15 is 0 Å². The number of likely N-dealkylation sites (tertiary alicyclic amines) is 2. The molecule has 148 valence electrons. The Morgan fingerprint density at radius 1 is 1.11 bits per heavy atom. The third-order valence-corrected chi connectivity index (χ3v) is 6.75. The second kappa shape index (κ2) is 7.69. The summed E-state index contributed by atoms with van der Waals surface area (Å²) in [6.45, 7) is 5.69. The van der Waals surface area contributed by atoms with Gasteiger partial charge >= 0.3 is 5.97 Å². The van der Waals surface area contributed by atoms with E-state index in [2.05, 4.69) is 72.3 Å². The van der Waals surface area contributed by atoms with Crippen molar-refractivity contribution in [3.8, 4) is 11.1 Å². The van der Waals surface area contributed by atoms with Gasteiger partial charge in [-0.1, -0.05) is 54.1 Å². The third-order valence-electron chi connectivity index (χ3n) is 6.75. The van der Waals surface area contributed by atoms with Crippen LogP contribution in [-0.2, 0) is 11.3 Å². The molecular formula is C24H30N2O2. The van der Waals surface area contributed by atoms with Gasteiger partial charge in [-0.05, 0) is 63.0 Å². The van der Waals surface area contributed by atoms with Crippen LogP contribution in [0.2, 0.25) is 0 Å². The molecule has 2 saturated heterocycles. The summed E-state index contributed by atoms with van der Waals surface area (Å²) in [6.07, 6.45) is 2.55. The molecule has 0 spiro atoms. The molecule has 2 fully saturated rings. The molecule has 0 aromatic heterocycles. The second-order valence-corrected chi connectivity index (χ2v) is 8.61. The molecule has 2 heterocycles. The molecule has 1 N–H and O–H groups in total. The molecular weight excluding hydrogens is 348 g/mol. The number of aliphatic carboxylic acids is 1. The van der Waals surface area contributed by atoms with Crippen LogP contribution in [0, 0.1) is 12.3 Å². The Kier molecular flexibility index (Phi) is 5.26. The number of rotatable bonds is 4. The molecule has 4 rings (SSSR count). The highest BCUT2D eigenvalue weighted by molar-refractivity contribution is 5.76. The minimum atomic E-state index is -0.605. The first-order valence-electron chi connectivity index (χ1n) is 10.3. The lowest BCUT2D eigenvalue weighted by molar-refractivity contribution is -0.162.